The van der Waals surface area contributed by atoms with E-state index in [4.69, 9.17) is 5.11 Å². The summed E-state index contributed by atoms with van der Waals surface area (Å²) in [5, 5.41) is 8.90. The number of fused-ring (bicyclic) bond motifs is 1. The van der Waals surface area contributed by atoms with Gasteiger partial charge < -0.3 is 10.0 Å². The first-order chi connectivity index (χ1) is 7.09. The minimum atomic E-state index is -0.784. The van der Waals surface area contributed by atoms with Gasteiger partial charge in [-0.3, -0.25) is 14.5 Å². The third-order valence-electron chi connectivity index (χ3n) is 3.43. The van der Waals surface area contributed by atoms with Gasteiger partial charge in [0.05, 0.1) is 0 Å². The van der Waals surface area contributed by atoms with Gasteiger partial charge in [-0.15, -0.1) is 0 Å². The molecule has 2 heterocycles. The van der Waals surface area contributed by atoms with Crippen LogP contribution < -0.4 is 0 Å². The highest BCUT2D eigenvalue weighted by Crippen LogP contribution is 2.23. The fourth-order valence-corrected chi connectivity index (χ4v) is 2.40. The Hall–Kier alpha value is -1.10. The molecule has 2 aliphatic heterocycles. The van der Waals surface area contributed by atoms with Crippen LogP contribution in [-0.4, -0.2) is 58.5 Å². The maximum Gasteiger partial charge on any atom is 0.320 e. The lowest BCUT2D eigenvalue weighted by atomic mass is 10.1. The van der Waals surface area contributed by atoms with Gasteiger partial charge in [0.1, 0.15) is 6.04 Å². The molecule has 5 nitrogen and oxygen atoms in total. The number of carbonyl (C=O) groups is 2. The van der Waals surface area contributed by atoms with Crippen LogP contribution in [0.2, 0.25) is 0 Å². The predicted octanol–water partition coefficient (Wildman–Crippen LogP) is -0.234. The second kappa shape index (κ2) is 3.81. The van der Waals surface area contributed by atoms with Gasteiger partial charge in [-0.05, 0) is 13.3 Å². The second-order valence-corrected chi connectivity index (χ2v) is 4.29. The molecule has 0 aromatic rings. The highest BCUT2D eigenvalue weighted by atomic mass is 16.4. The first kappa shape index (κ1) is 10.4. The number of carboxylic acids is 1. The molecule has 0 radical (unpaired) electrons. The summed E-state index contributed by atoms with van der Waals surface area (Å²) >= 11 is 0. The summed E-state index contributed by atoms with van der Waals surface area (Å²) < 4.78 is 0. The van der Waals surface area contributed by atoms with Crippen molar-refractivity contribution in [3.05, 3.63) is 0 Å². The molecule has 1 amide bonds. The van der Waals surface area contributed by atoms with Crippen molar-refractivity contribution in [2.45, 2.75) is 31.8 Å². The van der Waals surface area contributed by atoms with Gasteiger partial charge in [0.25, 0.3) is 0 Å². The summed E-state index contributed by atoms with van der Waals surface area (Å²) in [5.41, 5.74) is 0. The van der Waals surface area contributed by atoms with Crippen molar-refractivity contribution in [1.29, 1.82) is 0 Å². The monoisotopic (exact) mass is 212 g/mol. The first-order valence-electron chi connectivity index (χ1n) is 5.36. The number of carboxylic acid groups (broad SMARTS) is 1. The molecule has 84 valence electrons. The SMILES string of the molecule is CC(C(=O)O)N1CCN2C(=O)CCC2C1. The molecule has 2 atom stereocenters. The van der Waals surface area contributed by atoms with Crippen molar-refractivity contribution in [2.24, 2.45) is 0 Å². The zero-order valence-electron chi connectivity index (χ0n) is 8.85. The highest BCUT2D eigenvalue weighted by molar-refractivity contribution is 5.79. The van der Waals surface area contributed by atoms with E-state index in [0.29, 0.717) is 26.1 Å². The van der Waals surface area contributed by atoms with Gasteiger partial charge in [0.2, 0.25) is 5.91 Å². The molecule has 2 fully saturated rings. The Kier molecular flexibility index (Phi) is 2.65. The number of nitrogens with zero attached hydrogens (tertiary/aromatic N) is 2. The molecule has 0 spiro atoms. The summed E-state index contributed by atoms with van der Waals surface area (Å²) in [6.45, 7) is 3.77. The Morgan fingerprint density at radius 2 is 2.27 bits per heavy atom. The molecule has 2 saturated heterocycles. The van der Waals surface area contributed by atoms with Gasteiger partial charge in [0, 0.05) is 32.1 Å². The number of hydrogen-bond acceptors (Lipinski definition) is 3. The molecule has 0 aromatic carbocycles. The topological polar surface area (TPSA) is 60.9 Å². The van der Waals surface area contributed by atoms with E-state index in [1.807, 2.05) is 9.80 Å². The Morgan fingerprint density at radius 3 is 2.93 bits per heavy atom. The van der Waals surface area contributed by atoms with E-state index in [9.17, 15) is 9.59 Å². The molecule has 1 N–H and O–H groups in total. The molecule has 0 aliphatic carbocycles. The summed E-state index contributed by atoms with van der Waals surface area (Å²) in [4.78, 5) is 26.1. The van der Waals surface area contributed by atoms with E-state index >= 15 is 0 Å². The fourth-order valence-electron chi connectivity index (χ4n) is 2.40. The predicted molar refractivity (Wildman–Crippen MR) is 53.4 cm³/mol. The number of piperazine rings is 1. The van der Waals surface area contributed by atoms with Gasteiger partial charge in [-0.2, -0.15) is 0 Å². The molecule has 5 heteroatoms. The van der Waals surface area contributed by atoms with Crippen LogP contribution in [0.4, 0.5) is 0 Å². The van der Waals surface area contributed by atoms with Gasteiger partial charge in [-0.25, -0.2) is 0 Å². The van der Waals surface area contributed by atoms with Crippen LogP contribution >= 0.6 is 0 Å². The quantitative estimate of drug-likeness (QED) is 0.686. The maximum absolute atomic E-state index is 11.4. The summed E-state index contributed by atoms with van der Waals surface area (Å²) in [5.74, 6) is -0.560. The van der Waals surface area contributed by atoms with E-state index in [-0.39, 0.29) is 11.9 Å². The number of rotatable bonds is 2. The summed E-state index contributed by atoms with van der Waals surface area (Å²) in [6, 6.07) is -0.198. The van der Waals surface area contributed by atoms with Crippen molar-refractivity contribution in [2.75, 3.05) is 19.6 Å². The molecule has 15 heavy (non-hydrogen) atoms. The third-order valence-corrected chi connectivity index (χ3v) is 3.43. The smallest absolute Gasteiger partial charge is 0.320 e. The molecule has 2 rings (SSSR count). The molecule has 0 bridgehead atoms. The normalized spacial score (nSPS) is 29.0. The van der Waals surface area contributed by atoms with Crippen molar-refractivity contribution >= 4 is 11.9 Å². The van der Waals surface area contributed by atoms with E-state index in [1.165, 1.54) is 0 Å². The zero-order chi connectivity index (χ0) is 11.0. The first-order valence-corrected chi connectivity index (χ1v) is 5.36. The fraction of sp³-hybridized carbons (Fsp3) is 0.800. The molecule has 0 saturated carbocycles. The number of carbonyl (C=O) groups excluding carboxylic acids is 1. The third kappa shape index (κ3) is 1.84. The van der Waals surface area contributed by atoms with Crippen molar-refractivity contribution in [1.82, 2.24) is 9.80 Å². The van der Waals surface area contributed by atoms with Crippen LogP contribution in [0.15, 0.2) is 0 Å². The van der Waals surface area contributed by atoms with Crippen LogP contribution in [0, 0.1) is 0 Å². The van der Waals surface area contributed by atoms with Gasteiger partial charge >= 0.3 is 5.97 Å². The highest BCUT2D eigenvalue weighted by Gasteiger charge is 2.37. The van der Waals surface area contributed by atoms with E-state index in [1.54, 1.807) is 6.92 Å². The zero-order valence-corrected chi connectivity index (χ0v) is 8.85. The maximum atomic E-state index is 11.4. The van der Waals surface area contributed by atoms with Crippen LogP contribution in [-0.2, 0) is 9.59 Å². The van der Waals surface area contributed by atoms with E-state index < -0.39 is 12.0 Å². The van der Waals surface area contributed by atoms with Crippen LogP contribution in [0.3, 0.4) is 0 Å². The average molecular weight is 212 g/mol. The minimum Gasteiger partial charge on any atom is -0.480 e. The number of amides is 1. The van der Waals surface area contributed by atoms with Crippen molar-refractivity contribution < 1.29 is 14.7 Å². The van der Waals surface area contributed by atoms with Gasteiger partial charge in [-0.1, -0.05) is 0 Å². The van der Waals surface area contributed by atoms with Crippen LogP contribution in [0.25, 0.3) is 0 Å². The standard InChI is InChI=1S/C10H16N2O3/c1-7(10(14)15)11-4-5-12-8(6-11)2-3-9(12)13/h7-8H,2-6H2,1H3,(H,14,15). The Labute approximate surface area is 88.6 Å². The lowest BCUT2D eigenvalue weighted by Crippen LogP contribution is -2.55. The van der Waals surface area contributed by atoms with E-state index in [2.05, 4.69) is 0 Å². The minimum absolute atomic E-state index is 0.225. The van der Waals surface area contributed by atoms with Gasteiger partial charge in [0.15, 0.2) is 0 Å². The van der Waals surface area contributed by atoms with Crippen LogP contribution in [0.5, 0.6) is 0 Å². The molecule has 2 aliphatic rings. The molecule has 0 aromatic heterocycles. The molecular weight excluding hydrogens is 196 g/mol. The Balaban J connectivity index is 1.99. The summed E-state index contributed by atoms with van der Waals surface area (Å²) in [6.07, 6.45) is 1.50. The van der Waals surface area contributed by atoms with E-state index in [0.717, 1.165) is 6.42 Å². The number of aliphatic carboxylic acids is 1. The Bertz CT molecular complexity index is 292. The molecular formula is C10H16N2O3. The average Bonchev–Trinajstić information content (AvgIpc) is 2.59. The molecule has 2 unspecified atom stereocenters. The number of hydrogen-bond donors (Lipinski definition) is 1. The lowest BCUT2D eigenvalue weighted by molar-refractivity contribution is -0.144. The second-order valence-electron chi connectivity index (χ2n) is 4.29. The van der Waals surface area contributed by atoms with Crippen molar-refractivity contribution in [3.63, 3.8) is 0 Å². The van der Waals surface area contributed by atoms with Crippen molar-refractivity contribution in [3.8, 4) is 0 Å². The largest absolute Gasteiger partial charge is 0.480 e. The lowest BCUT2D eigenvalue weighted by Gasteiger charge is -2.39. The Morgan fingerprint density at radius 1 is 1.53 bits per heavy atom. The van der Waals surface area contributed by atoms with Crippen LogP contribution in [0.1, 0.15) is 19.8 Å². The summed E-state index contributed by atoms with van der Waals surface area (Å²) in [7, 11) is 0.